The summed E-state index contributed by atoms with van der Waals surface area (Å²) in [4.78, 5) is 24.8. The van der Waals surface area contributed by atoms with Crippen molar-refractivity contribution in [3.8, 4) is 11.8 Å². The highest BCUT2D eigenvalue weighted by molar-refractivity contribution is 6.37. The van der Waals surface area contributed by atoms with E-state index in [1.807, 2.05) is 38.1 Å². The molecule has 0 bridgehead atoms. The smallest absolute Gasteiger partial charge is 0.266 e. The van der Waals surface area contributed by atoms with Crippen LogP contribution in [0.3, 0.4) is 0 Å². The predicted molar refractivity (Wildman–Crippen MR) is 140 cm³/mol. The Bertz CT molecular complexity index is 1340. The lowest BCUT2D eigenvalue weighted by Gasteiger charge is -2.13. The Labute approximate surface area is 218 Å². The minimum atomic E-state index is -0.620. The Kier molecular flexibility index (Phi) is 8.78. The molecule has 2 amide bonds. The minimum Gasteiger partial charge on any atom is -0.481 e. The number of nitriles is 1. The number of aryl methyl sites for hydroxylation is 2. The SMILES string of the molecule is Cc1ccc(C)c(NC(=O)COc2c(Cl)cc(/C=C(/C#N)C(=O)Nc3cccc(Cl)c3)cc2Cl)c1. The largest absolute Gasteiger partial charge is 0.481 e. The van der Waals surface area contributed by atoms with Crippen molar-refractivity contribution < 1.29 is 14.3 Å². The molecule has 3 aromatic carbocycles. The second-order valence-corrected chi connectivity index (χ2v) is 8.85. The van der Waals surface area contributed by atoms with Crippen molar-refractivity contribution in [1.29, 1.82) is 5.26 Å². The molecule has 0 spiro atoms. The molecule has 0 fully saturated rings. The van der Waals surface area contributed by atoms with Gasteiger partial charge in [-0.2, -0.15) is 5.26 Å². The van der Waals surface area contributed by atoms with E-state index in [-0.39, 0.29) is 33.9 Å². The fourth-order valence-corrected chi connectivity index (χ4v) is 3.88. The van der Waals surface area contributed by atoms with Crippen molar-refractivity contribution >= 4 is 64.1 Å². The summed E-state index contributed by atoms with van der Waals surface area (Å²) >= 11 is 18.5. The van der Waals surface area contributed by atoms with Gasteiger partial charge in [0.25, 0.3) is 11.8 Å². The molecule has 6 nitrogen and oxygen atoms in total. The minimum absolute atomic E-state index is 0.114. The first-order valence-electron chi connectivity index (χ1n) is 10.3. The zero-order chi connectivity index (χ0) is 25.5. The zero-order valence-electron chi connectivity index (χ0n) is 18.8. The predicted octanol–water partition coefficient (Wildman–Crippen LogP) is 6.83. The zero-order valence-corrected chi connectivity index (χ0v) is 21.1. The van der Waals surface area contributed by atoms with Crippen molar-refractivity contribution in [3.63, 3.8) is 0 Å². The van der Waals surface area contributed by atoms with E-state index >= 15 is 0 Å². The molecular formula is C26H20Cl3N3O3. The lowest BCUT2D eigenvalue weighted by atomic mass is 10.1. The first-order valence-corrected chi connectivity index (χ1v) is 11.5. The molecule has 2 N–H and O–H groups in total. The second kappa shape index (κ2) is 11.8. The van der Waals surface area contributed by atoms with Crippen molar-refractivity contribution in [2.24, 2.45) is 0 Å². The van der Waals surface area contributed by atoms with Gasteiger partial charge in [0.05, 0.1) is 10.0 Å². The molecule has 9 heteroatoms. The van der Waals surface area contributed by atoms with Crippen LogP contribution < -0.4 is 15.4 Å². The summed E-state index contributed by atoms with van der Waals surface area (Å²) in [7, 11) is 0. The molecule has 178 valence electrons. The van der Waals surface area contributed by atoms with E-state index < -0.39 is 5.91 Å². The number of amides is 2. The van der Waals surface area contributed by atoms with Crippen molar-refractivity contribution in [2.45, 2.75) is 13.8 Å². The average Bonchev–Trinajstić information content (AvgIpc) is 2.79. The number of hydrogen-bond donors (Lipinski definition) is 2. The topological polar surface area (TPSA) is 91.2 Å². The Morgan fingerprint density at radius 3 is 2.37 bits per heavy atom. The summed E-state index contributed by atoms with van der Waals surface area (Å²) in [5, 5.41) is 15.5. The number of hydrogen-bond acceptors (Lipinski definition) is 4. The highest BCUT2D eigenvalue weighted by atomic mass is 35.5. The molecule has 0 saturated heterocycles. The van der Waals surface area contributed by atoms with Gasteiger partial charge in [-0.05, 0) is 73.0 Å². The molecule has 0 aliphatic rings. The number of ether oxygens (including phenoxy) is 1. The summed E-state index contributed by atoms with van der Waals surface area (Å²) in [5.74, 6) is -0.881. The molecule has 0 atom stereocenters. The van der Waals surface area contributed by atoms with Gasteiger partial charge in [0.2, 0.25) is 0 Å². The van der Waals surface area contributed by atoms with Crippen LogP contribution in [-0.2, 0) is 9.59 Å². The third-order valence-electron chi connectivity index (χ3n) is 4.79. The monoisotopic (exact) mass is 527 g/mol. The maximum Gasteiger partial charge on any atom is 0.266 e. The summed E-state index contributed by atoms with van der Waals surface area (Å²) in [6.45, 7) is 3.51. The fourth-order valence-electron chi connectivity index (χ4n) is 3.08. The van der Waals surface area contributed by atoms with Gasteiger partial charge in [-0.3, -0.25) is 9.59 Å². The number of carbonyl (C=O) groups excluding carboxylic acids is 2. The maximum absolute atomic E-state index is 12.5. The van der Waals surface area contributed by atoms with Crippen LogP contribution in [0.4, 0.5) is 11.4 Å². The van der Waals surface area contributed by atoms with Crippen LogP contribution in [0, 0.1) is 25.2 Å². The Hall–Kier alpha value is -3.50. The molecule has 0 unspecified atom stereocenters. The van der Waals surface area contributed by atoms with E-state index in [0.717, 1.165) is 11.1 Å². The first-order chi connectivity index (χ1) is 16.7. The van der Waals surface area contributed by atoms with Gasteiger partial charge in [-0.15, -0.1) is 0 Å². The van der Waals surface area contributed by atoms with E-state index in [1.165, 1.54) is 18.2 Å². The van der Waals surface area contributed by atoms with E-state index in [9.17, 15) is 14.9 Å². The van der Waals surface area contributed by atoms with Crippen LogP contribution in [0.2, 0.25) is 15.1 Å². The average molecular weight is 529 g/mol. The lowest BCUT2D eigenvalue weighted by Crippen LogP contribution is -2.21. The Balaban J connectivity index is 1.70. The van der Waals surface area contributed by atoms with Gasteiger partial charge in [0.15, 0.2) is 12.4 Å². The van der Waals surface area contributed by atoms with Crippen LogP contribution in [0.1, 0.15) is 16.7 Å². The molecule has 0 saturated carbocycles. The first kappa shape index (κ1) is 26.1. The molecule has 0 aliphatic heterocycles. The number of rotatable bonds is 7. The van der Waals surface area contributed by atoms with E-state index in [1.54, 1.807) is 24.3 Å². The molecule has 0 aromatic heterocycles. The third-order valence-corrected chi connectivity index (χ3v) is 5.59. The van der Waals surface area contributed by atoms with Crippen molar-refractivity contribution in [3.05, 3.63) is 91.9 Å². The molecular weight excluding hydrogens is 509 g/mol. The third kappa shape index (κ3) is 7.24. The van der Waals surface area contributed by atoms with Gasteiger partial charge < -0.3 is 15.4 Å². The number of anilines is 2. The highest BCUT2D eigenvalue weighted by Gasteiger charge is 2.15. The standard InChI is InChI=1S/C26H20Cl3N3O3/c1-15-6-7-16(2)23(8-15)32-24(33)14-35-25-21(28)10-17(11-22(25)29)9-18(13-30)26(34)31-20-5-3-4-19(27)12-20/h3-12H,14H2,1-2H3,(H,31,34)(H,32,33)/b18-9-. The van der Waals surface area contributed by atoms with Crippen LogP contribution in [0.5, 0.6) is 5.75 Å². The van der Waals surface area contributed by atoms with Crippen LogP contribution in [-0.4, -0.2) is 18.4 Å². The van der Waals surface area contributed by atoms with Crippen LogP contribution in [0.25, 0.3) is 6.08 Å². The number of benzene rings is 3. The van der Waals surface area contributed by atoms with Crippen LogP contribution in [0.15, 0.2) is 60.2 Å². The molecule has 0 heterocycles. The van der Waals surface area contributed by atoms with Gasteiger partial charge >= 0.3 is 0 Å². The van der Waals surface area contributed by atoms with E-state index in [4.69, 9.17) is 39.5 Å². The molecule has 35 heavy (non-hydrogen) atoms. The quantitative estimate of drug-likeness (QED) is 0.260. The summed E-state index contributed by atoms with van der Waals surface area (Å²) in [5.41, 5.74) is 3.31. The van der Waals surface area contributed by atoms with Gasteiger partial charge in [-0.1, -0.05) is 53.0 Å². The molecule has 0 radical (unpaired) electrons. The number of nitrogens with zero attached hydrogens (tertiary/aromatic N) is 1. The van der Waals surface area contributed by atoms with Crippen LogP contribution >= 0.6 is 34.8 Å². The normalized spacial score (nSPS) is 10.9. The lowest BCUT2D eigenvalue weighted by molar-refractivity contribution is -0.118. The highest BCUT2D eigenvalue weighted by Crippen LogP contribution is 2.35. The fraction of sp³-hybridized carbons (Fsp3) is 0.115. The molecule has 0 aliphatic carbocycles. The number of halogens is 3. The van der Waals surface area contributed by atoms with Crippen molar-refractivity contribution in [1.82, 2.24) is 0 Å². The van der Waals surface area contributed by atoms with E-state index in [0.29, 0.717) is 22.0 Å². The number of nitrogens with one attached hydrogen (secondary N) is 2. The van der Waals surface area contributed by atoms with Gasteiger partial charge in [-0.25, -0.2) is 0 Å². The molecule has 3 rings (SSSR count). The Morgan fingerprint density at radius 2 is 1.71 bits per heavy atom. The summed E-state index contributed by atoms with van der Waals surface area (Å²) in [6, 6.07) is 17.1. The van der Waals surface area contributed by atoms with Gasteiger partial charge in [0.1, 0.15) is 11.6 Å². The second-order valence-electron chi connectivity index (χ2n) is 7.60. The van der Waals surface area contributed by atoms with E-state index in [2.05, 4.69) is 10.6 Å². The molecule has 3 aromatic rings. The summed E-state index contributed by atoms with van der Waals surface area (Å²) < 4.78 is 5.54. The summed E-state index contributed by atoms with van der Waals surface area (Å²) in [6.07, 6.45) is 1.34. The maximum atomic E-state index is 12.5. The van der Waals surface area contributed by atoms with Crippen molar-refractivity contribution in [2.75, 3.05) is 17.2 Å². The Morgan fingerprint density at radius 1 is 1.00 bits per heavy atom. The number of carbonyl (C=O) groups is 2. The van der Waals surface area contributed by atoms with Gasteiger partial charge in [0, 0.05) is 16.4 Å².